The summed E-state index contributed by atoms with van der Waals surface area (Å²) in [5, 5.41) is 2.45. The summed E-state index contributed by atoms with van der Waals surface area (Å²) in [6.45, 7) is 16.2. The van der Waals surface area contributed by atoms with Crippen molar-refractivity contribution in [1.29, 1.82) is 0 Å². The molecule has 1 atom stereocenters. The van der Waals surface area contributed by atoms with Gasteiger partial charge in [0, 0.05) is 0 Å². The highest BCUT2D eigenvalue weighted by atomic mass is 28.4. The third-order valence-corrected chi connectivity index (χ3v) is 9.90. The normalized spacial score (nSPS) is 13.1. The molecule has 0 amide bonds. The van der Waals surface area contributed by atoms with Crippen molar-refractivity contribution in [3.05, 3.63) is 86.0 Å². The summed E-state index contributed by atoms with van der Waals surface area (Å²) in [6, 6.07) is 21.2. The Labute approximate surface area is 177 Å². The predicted octanol–water partition coefficient (Wildman–Crippen LogP) is 4.34. The second-order valence-corrected chi connectivity index (χ2v) is 12.4. The maximum Gasteiger partial charge on any atom is 0.261 e. The molecule has 0 heterocycles. The summed E-state index contributed by atoms with van der Waals surface area (Å²) < 4.78 is 18.5. The molecule has 0 aliphatic rings. The number of ether oxygens (including phenoxy) is 2. The van der Waals surface area contributed by atoms with Gasteiger partial charge in [-0.25, -0.2) is 0 Å². The van der Waals surface area contributed by atoms with E-state index in [-0.39, 0.29) is 11.1 Å². The van der Waals surface area contributed by atoms with Crippen molar-refractivity contribution < 1.29 is 13.9 Å². The smallest absolute Gasteiger partial charge is 0.261 e. The number of hydrogen-bond donors (Lipinski definition) is 0. The van der Waals surface area contributed by atoms with Crippen molar-refractivity contribution in [3.8, 4) is 0 Å². The highest BCUT2D eigenvalue weighted by Gasteiger charge is 2.50. The van der Waals surface area contributed by atoms with Gasteiger partial charge < -0.3 is 13.9 Å². The van der Waals surface area contributed by atoms with Gasteiger partial charge in [0.1, 0.15) is 6.10 Å². The average Bonchev–Trinajstić information content (AvgIpc) is 2.72. The molecule has 1 unspecified atom stereocenters. The number of hydrogen-bond acceptors (Lipinski definition) is 3. The monoisotopic (exact) mass is 410 g/mol. The molecular weight excluding hydrogens is 376 g/mol. The van der Waals surface area contributed by atoms with E-state index in [1.165, 1.54) is 10.4 Å². The van der Waals surface area contributed by atoms with E-state index >= 15 is 0 Å². The highest BCUT2D eigenvalue weighted by molar-refractivity contribution is 6.99. The zero-order chi connectivity index (χ0) is 21.2. The number of benzene rings is 2. The van der Waals surface area contributed by atoms with Gasteiger partial charge in [0.15, 0.2) is 0 Å². The van der Waals surface area contributed by atoms with E-state index in [0.717, 1.165) is 0 Å². The quantitative estimate of drug-likeness (QED) is 0.296. The lowest BCUT2D eigenvalue weighted by atomic mass is 10.2. The van der Waals surface area contributed by atoms with Crippen LogP contribution in [0.25, 0.3) is 0 Å². The Bertz CT molecular complexity index is 698. The molecule has 0 radical (unpaired) electrons. The standard InChI is InChI=1S/C25H34O3Si/c1-6-18-26-20-22(27-19-7-2)21-28-29(25(3,4)5,23-14-10-8-11-15-23)24-16-12-9-13-17-24/h6-17,22H,1-2,18-21H2,3-5H3. The van der Waals surface area contributed by atoms with E-state index in [2.05, 4.69) is 94.6 Å². The van der Waals surface area contributed by atoms with E-state index in [9.17, 15) is 0 Å². The van der Waals surface area contributed by atoms with Crippen LogP contribution in [0.4, 0.5) is 0 Å². The van der Waals surface area contributed by atoms with E-state index < -0.39 is 8.32 Å². The van der Waals surface area contributed by atoms with Crippen LogP contribution in [-0.4, -0.2) is 40.8 Å². The lowest BCUT2D eigenvalue weighted by Gasteiger charge is -2.43. The van der Waals surface area contributed by atoms with Gasteiger partial charge in [-0.15, -0.1) is 13.2 Å². The maximum atomic E-state index is 6.93. The summed E-state index contributed by atoms with van der Waals surface area (Å²) in [5.74, 6) is 0. The second-order valence-electron chi connectivity index (χ2n) is 8.04. The van der Waals surface area contributed by atoms with Crippen LogP contribution in [0, 0.1) is 0 Å². The van der Waals surface area contributed by atoms with Gasteiger partial charge in [-0.1, -0.05) is 93.6 Å². The Morgan fingerprint density at radius 1 is 0.828 bits per heavy atom. The Morgan fingerprint density at radius 3 is 1.79 bits per heavy atom. The van der Waals surface area contributed by atoms with Crippen molar-refractivity contribution in [1.82, 2.24) is 0 Å². The Morgan fingerprint density at radius 2 is 1.34 bits per heavy atom. The average molecular weight is 411 g/mol. The molecule has 0 bridgehead atoms. The molecule has 0 saturated heterocycles. The third kappa shape index (κ3) is 6.00. The van der Waals surface area contributed by atoms with Crippen LogP contribution >= 0.6 is 0 Å². The molecule has 3 nitrogen and oxygen atoms in total. The molecule has 29 heavy (non-hydrogen) atoms. The topological polar surface area (TPSA) is 27.7 Å². The molecule has 0 aromatic heterocycles. The first-order valence-electron chi connectivity index (χ1n) is 10.1. The minimum absolute atomic E-state index is 0.0688. The van der Waals surface area contributed by atoms with E-state index in [1.54, 1.807) is 12.2 Å². The van der Waals surface area contributed by atoms with Gasteiger partial charge in [-0.2, -0.15) is 0 Å². The van der Waals surface area contributed by atoms with Gasteiger partial charge >= 0.3 is 0 Å². The van der Waals surface area contributed by atoms with Gasteiger partial charge in [0.2, 0.25) is 0 Å². The Balaban J connectivity index is 2.41. The van der Waals surface area contributed by atoms with E-state index in [0.29, 0.717) is 26.4 Å². The SMILES string of the molecule is C=CCOCC(CO[Si](c1ccccc1)(c1ccccc1)C(C)(C)C)OCC=C. The van der Waals surface area contributed by atoms with Crippen molar-refractivity contribution in [2.75, 3.05) is 26.4 Å². The summed E-state index contributed by atoms with van der Waals surface area (Å²) in [4.78, 5) is 0. The van der Waals surface area contributed by atoms with Crippen LogP contribution < -0.4 is 10.4 Å². The van der Waals surface area contributed by atoms with Crippen LogP contribution in [-0.2, 0) is 13.9 Å². The zero-order valence-electron chi connectivity index (χ0n) is 18.0. The second kappa shape index (κ2) is 11.3. The lowest BCUT2D eigenvalue weighted by Crippen LogP contribution is -2.67. The zero-order valence-corrected chi connectivity index (χ0v) is 19.0. The fourth-order valence-electron chi connectivity index (χ4n) is 3.61. The van der Waals surface area contributed by atoms with Crippen LogP contribution in [0.1, 0.15) is 20.8 Å². The molecule has 2 aromatic carbocycles. The fraction of sp³-hybridized carbons (Fsp3) is 0.360. The summed E-state index contributed by atoms with van der Waals surface area (Å²) in [7, 11) is -2.58. The summed E-state index contributed by atoms with van der Waals surface area (Å²) in [5.41, 5.74) is 0. The molecule has 2 rings (SSSR count). The van der Waals surface area contributed by atoms with E-state index in [4.69, 9.17) is 13.9 Å². The van der Waals surface area contributed by atoms with Gasteiger partial charge in [-0.3, -0.25) is 0 Å². The molecule has 0 fully saturated rings. The van der Waals surface area contributed by atoms with Crippen LogP contribution in [0.2, 0.25) is 5.04 Å². The van der Waals surface area contributed by atoms with Crippen molar-refractivity contribution in [3.63, 3.8) is 0 Å². The third-order valence-electron chi connectivity index (χ3n) is 4.89. The van der Waals surface area contributed by atoms with Crippen LogP contribution in [0.5, 0.6) is 0 Å². The summed E-state index contributed by atoms with van der Waals surface area (Å²) >= 11 is 0. The minimum atomic E-state index is -2.58. The molecule has 0 aliphatic carbocycles. The first kappa shape index (κ1) is 23.3. The Hall–Kier alpha value is -1.98. The maximum absolute atomic E-state index is 6.93. The van der Waals surface area contributed by atoms with E-state index in [1.807, 2.05) is 0 Å². The lowest BCUT2D eigenvalue weighted by molar-refractivity contribution is -0.0233. The largest absolute Gasteiger partial charge is 0.405 e. The first-order valence-corrected chi connectivity index (χ1v) is 12.0. The van der Waals surface area contributed by atoms with Gasteiger partial charge in [0.05, 0.1) is 26.4 Å². The van der Waals surface area contributed by atoms with Crippen LogP contribution in [0.15, 0.2) is 86.0 Å². The molecule has 0 spiro atoms. The fourth-order valence-corrected chi connectivity index (χ4v) is 8.20. The molecule has 0 N–H and O–H groups in total. The number of rotatable bonds is 12. The minimum Gasteiger partial charge on any atom is -0.405 e. The van der Waals surface area contributed by atoms with Gasteiger partial charge in [0.25, 0.3) is 8.32 Å². The molecule has 156 valence electrons. The molecule has 0 saturated carbocycles. The van der Waals surface area contributed by atoms with Crippen molar-refractivity contribution in [2.45, 2.75) is 31.9 Å². The molecule has 2 aromatic rings. The van der Waals surface area contributed by atoms with Crippen molar-refractivity contribution in [2.24, 2.45) is 0 Å². The molecular formula is C25H34O3Si. The Kier molecular flexibility index (Phi) is 9.05. The summed E-state index contributed by atoms with van der Waals surface area (Å²) in [6.07, 6.45) is 3.33. The predicted molar refractivity (Wildman–Crippen MR) is 125 cm³/mol. The molecule has 0 aliphatic heterocycles. The highest BCUT2D eigenvalue weighted by Crippen LogP contribution is 2.36. The van der Waals surface area contributed by atoms with Crippen LogP contribution in [0.3, 0.4) is 0 Å². The van der Waals surface area contributed by atoms with Crippen molar-refractivity contribution >= 4 is 18.7 Å². The first-order chi connectivity index (χ1) is 14.0. The molecule has 4 heteroatoms. The van der Waals surface area contributed by atoms with Gasteiger partial charge in [-0.05, 0) is 15.4 Å².